The van der Waals surface area contributed by atoms with Crippen molar-refractivity contribution >= 4 is 35.3 Å². The standard InChI is InChI=1S/C29H37NOS3/c1-3-19-30(20-4-2)21-12-6-5-11-18-28(32-22-13-23-33-28)29(31)24-14-7-9-16-26(24)34-27-17-10-8-15-25(27)29/h7-10,14-17,31H,3-5,11,13,18-23H2,1-2H3. The molecular weight excluding hydrogens is 475 g/mol. The molecule has 0 spiro atoms. The second kappa shape index (κ2) is 12.3. The summed E-state index contributed by atoms with van der Waals surface area (Å²) in [5, 5.41) is 12.7. The summed E-state index contributed by atoms with van der Waals surface area (Å²) in [5.74, 6) is 9.07. The zero-order valence-corrected chi connectivity index (χ0v) is 23.0. The molecule has 2 aromatic rings. The van der Waals surface area contributed by atoms with Crippen molar-refractivity contribution in [1.82, 2.24) is 4.90 Å². The van der Waals surface area contributed by atoms with E-state index in [-0.39, 0.29) is 4.08 Å². The van der Waals surface area contributed by atoms with Gasteiger partial charge in [-0.1, -0.05) is 67.9 Å². The maximum absolute atomic E-state index is 12.7. The van der Waals surface area contributed by atoms with Crippen LogP contribution >= 0.6 is 35.3 Å². The maximum atomic E-state index is 12.7. The van der Waals surface area contributed by atoms with Gasteiger partial charge in [0.1, 0.15) is 5.60 Å². The third kappa shape index (κ3) is 5.37. The predicted molar refractivity (Wildman–Crippen MR) is 151 cm³/mol. The Bertz CT molecular complexity index is 954. The lowest BCUT2D eigenvalue weighted by Gasteiger charge is -2.51. The first-order valence-corrected chi connectivity index (χ1v) is 15.5. The lowest BCUT2D eigenvalue weighted by Crippen LogP contribution is -2.51. The van der Waals surface area contributed by atoms with E-state index in [9.17, 15) is 5.11 Å². The van der Waals surface area contributed by atoms with Gasteiger partial charge in [-0.2, -0.15) is 0 Å². The molecule has 0 saturated carbocycles. The number of nitrogens with zero attached hydrogens (tertiary/aromatic N) is 1. The Balaban J connectivity index is 1.56. The molecule has 2 aromatic carbocycles. The average Bonchev–Trinajstić information content (AvgIpc) is 2.87. The van der Waals surface area contributed by atoms with E-state index in [1.165, 1.54) is 29.1 Å². The van der Waals surface area contributed by atoms with Crippen LogP contribution < -0.4 is 0 Å². The van der Waals surface area contributed by atoms with E-state index < -0.39 is 5.60 Å². The van der Waals surface area contributed by atoms with Crippen LogP contribution in [0.3, 0.4) is 0 Å². The number of unbranched alkanes of at least 4 members (excludes halogenated alkanes) is 1. The van der Waals surface area contributed by atoms with Gasteiger partial charge >= 0.3 is 0 Å². The van der Waals surface area contributed by atoms with Crippen LogP contribution in [-0.4, -0.2) is 45.2 Å². The highest BCUT2D eigenvalue weighted by atomic mass is 32.2. The molecule has 0 amide bonds. The van der Waals surface area contributed by atoms with Crippen LogP contribution in [0, 0.1) is 11.8 Å². The summed E-state index contributed by atoms with van der Waals surface area (Å²) in [6, 6.07) is 16.9. The number of benzene rings is 2. The van der Waals surface area contributed by atoms with Crippen molar-refractivity contribution < 1.29 is 5.11 Å². The first kappa shape index (κ1) is 26.0. The first-order valence-electron chi connectivity index (χ1n) is 12.7. The Morgan fingerprint density at radius 2 is 1.47 bits per heavy atom. The number of hydrogen-bond acceptors (Lipinski definition) is 5. The highest BCUT2D eigenvalue weighted by molar-refractivity contribution is 8.18. The summed E-state index contributed by atoms with van der Waals surface area (Å²) in [4.78, 5) is 4.82. The van der Waals surface area contributed by atoms with Gasteiger partial charge in [-0.3, -0.25) is 4.90 Å². The number of thioether (sulfide) groups is 2. The van der Waals surface area contributed by atoms with E-state index >= 15 is 0 Å². The topological polar surface area (TPSA) is 23.5 Å². The molecule has 4 rings (SSSR count). The molecule has 2 aliphatic heterocycles. The van der Waals surface area contributed by atoms with Crippen LogP contribution in [0.15, 0.2) is 58.3 Å². The lowest BCUT2D eigenvalue weighted by atomic mass is 9.80. The summed E-state index contributed by atoms with van der Waals surface area (Å²) in [5.41, 5.74) is 1.14. The Morgan fingerprint density at radius 1 is 0.882 bits per heavy atom. The quantitative estimate of drug-likeness (QED) is 0.282. The van der Waals surface area contributed by atoms with Crippen LogP contribution in [0.5, 0.6) is 0 Å². The van der Waals surface area contributed by atoms with Crippen molar-refractivity contribution in [3.8, 4) is 11.8 Å². The summed E-state index contributed by atoms with van der Waals surface area (Å²) < 4.78 is -0.295. The third-order valence-corrected chi connectivity index (χ3v) is 11.4. The second-order valence-electron chi connectivity index (χ2n) is 9.09. The van der Waals surface area contributed by atoms with Crippen LogP contribution in [0.2, 0.25) is 0 Å². The van der Waals surface area contributed by atoms with Crippen molar-refractivity contribution in [3.63, 3.8) is 0 Å². The molecule has 34 heavy (non-hydrogen) atoms. The van der Waals surface area contributed by atoms with Gasteiger partial charge in [0, 0.05) is 27.3 Å². The van der Waals surface area contributed by atoms with Crippen molar-refractivity contribution in [2.45, 2.75) is 71.8 Å². The average molecular weight is 512 g/mol. The molecule has 1 N–H and O–H groups in total. The monoisotopic (exact) mass is 511 g/mol. The van der Waals surface area contributed by atoms with E-state index in [4.69, 9.17) is 0 Å². The fourth-order valence-electron chi connectivity index (χ4n) is 5.06. The minimum Gasteiger partial charge on any atom is -0.378 e. The van der Waals surface area contributed by atoms with E-state index in [1.54, 1.807) is 11.8 Å². The third-order valence-electron chi connectivity index (χ3n) is 6.60. The van der Waals surface area contributed by atoms with Crippen LogP contribution in [0.4, 0.5) is 0 Å². The minimum absolute atomic E-state index is 0.295. The molecule has 2 nitrogen and oxygen atoms in total. The number of rotatable bonds is 9. The Labute approximate surface area is 219 Å². The fraction of sp³-hybridized carbons (Fsp3) is 0.517. The van der Waals surface area contributed by atoms with Crippen molar-refractivity contribution in [3.05, 3.63) is 59.7 Å². The predicted octanol–water partition coefficient (Wildman–Crippen LogP) is 7.25. The zero-order valence-electron chi connectivity index (χ0n) is 20.5. The number of hydrogen-bond donors (Lipinski definition) is 1. The molecule has 0 aliphatic carbocycles. The highest BCUT2D eigenvalue weighted by Gasteiger charge is 2.56. The summed E-state index contributed by atoms with van der Waals surface area (Å²) in [7, 11) is 0. The molecule has 0 unspecified atom stereocenters. The Hall–Kier alpha value is -1.03. The van der Waals surface area contributed by atoms with E-state index in [2.05, 4.69) is 79.1 Å². The molecule has 1 fully saturated rings. The Kier molecular flexibility index (Phi) is 9.41. The van der Waals surface area contributed by atoms with Crippen molar-refractivity contribution in [1.29, 1.82) is 0 Å². The minimum atomic E-state index is -1.01. The first-order chi connectivity index (χ1) is 16.6. The molecule has 0 radical (unpaired) electrons. The molecule has 1 saturated heterocycles. The smallest absolute Gasteiger partial charge is 0.140 e. The van der Waals surface area contributed by atoms with Gasteiger partial charge in [0.05, 0.1) is 10.6 Å². The zero-order chi connectivity index (χ0) is 23.9. The fourth-order valence-corrected chi connectivity index (χ4v) is 9.93. The van der Waals surface area contributed by atoms with E-state index in [0.717, 1.165) is 61.5 Å². The van der Waals surface area contributed by atoms with Gasteiger partial charge < -0.3 is 5.11 Å². The van der Waals surface area contributed by atoms with E-state index in [0.29, 0.717) is 0 Å². The van der Waals surface area contributed by atoms with Crippen molar-refractivity contribution in [2.75, 3.05) is 31.1 Å². The van der Waals surface area contributed by atoms with Crippen LogP contribution in [-0.2, 0) is 5.60 Å². The summed E-state index contributed by atoms with van der Waals surface area (Å²) >= 11 is 5.73. The number of aliphatic hydroxyl groups is 1. The van der Waals surface area contributed by atoms with Gasteiger partial charge in [-0.15, -0.1) is 29.4 Å². The number of fused-ring (bicyclic) bond motifs is 2. The van der Waals surface area contributed by atoms with Gasteiger partial charge in [-0.05, 0) is 68.8 Å². The molecule has 0 aromatic heterocycles. The normalized spacial score (nSPS) is 18.0. The SMILES string of the molecule is CCCN(CC#CCCCC1(C2(O)c3ccccc3Sc3ccccc32)SCCCS1)CCC. The summed E-state index contributed by atoms with van der Waals surface area (Å²) in [6.07, 6.45) is 6.42. The van der Waals surface area contributed by atoms with Gasteiger partial charge in [-0.25, -0.2) is 0 Å². The Morgan fingerprint density at radius 3 is 2.06 bits per heavy atom. The molecular formula is C29H37NOS3. The molecule has 182 valence electrons. The van der Waals surface area contributed by atoms with Gasteiger partial charge in [0.25, 0.3) is 0 Å². The summed E-state index contributed by atoms with van der Waals surface area (Å²) in [6.45, 7) is 7.60. The second-order valence-corrected chi connectivity index (χ2v) is 13.2. The van der Waals surface area contributed by atoms with Crippen molar-refractivity contribution in [2.24, 2.45) is 0 Å². The molecule has 2 aliphatic rings. The van der Waals surface area contributed by atoms with Crippen LogP contribution in [0.25, 0.3) is 0 Å². The molecule has 0 atom stereocenters. The molecule has 2 heterocycles. The maximum Gasteiger partial charge on any atom is 0.140 e. The largest absolute Gasteiger partial charge is 0.378 e. The van der Waals surface area contributed by atoms with Crippen LogP contribution in [0.1, 0.15) is 63.5 Å². The van der Waals surface area contributed by atoms with Gasteiger partial charge in [0.15, 0.2) is 0 Å². The molecule has 5 heteroatoms. The lowest BCUT2D eigenvalue weighted by molar-refractivity contribution is 0.0569. The highest BCUT2D eigenvalue weighted by Crippen LogP contribution is 2.63. The molecule has 0 bridgehead atoms. The van der Waals surface area contributed by atoms with E-state index in [1.807, 2.05) is 23.5 Å². The van der Waals surface area contributed by atoms with Gasteiger partial charge in [0.2, 0.25) is 0 Å².